The van der Waals surface area contributed by atoms with Gasteiger partial charge in [0.05, 0.1) is 36.3 Å². The summed E-state index contributed by atoms with van der Waals surface area (Å²) in [5, 5.41) is 3.87. The van der Waals surface area contributed by atoms with Crippen molar-refractivity contribution in [2.75, 3.05) is 4.90 Å². The first-order chi connectivity index (χ1) is 15.5. The van der Waals surface area contributed by atoms with Gasteiger partial charge in [0, 0.05) is 17.6 Å². The van der Waals surface area contributed by atoms with E-state index in [1.807, 2.05) is 41.3 Å². The fourth-order valence-corrected chi connectivity index (χ4v) is 4.85. The molecule has 0 saturated carbocycles. The summed E-state index contributed by atoms with van der Waals surface area (Å²) in [6.45, 7) is 4.79. The van der Waals surface area contributed by atoms with Gasteiger partial charge in [-0.05, 0) is 74.1 Å². The SMILES string of the molecule is Cc1cc([C@H]2[C@@H](c3ccccn3)NC(=S)N2c2ccccc2F)c(C)n1Cc1ccco1. The van der Waals surface area contributed by atoms with Crippen molar-refractivity contribution in [1.29, 1.82) is 0 Å². The van der Waals surface area contributed by atoms with Crippen LogP contribution in [0.5, 0.6) is 0 Å². The van der Waals surface area contributed by atoms with Gasteiger partial charge in [-0.3, -0.25) is 4.98 Å². The molecule has 1 N–H and O–H groups in total. The molecule has 1 aliphatic rings. The van der Waals surface area contributed by atoms with Crippen LogP contribution in [0.1, 0.15) is 40.5 Å². The van der Waals surface area contributed by atoms with E-state index in [1.165, 1.54) is 6.07 Å². The lowest BCUT2D eigenvalue weighted by molar-refractivity contribution is 0.488. The minimum Gasteiger partial charge on any atom is -0.467 e. The number of rotatable bonds is 5. The largest absolute Gasteiger partial charge is 0.467 e. The Morgan fingerprint density at radius 3 is 2.62 bits per heavy atom. The van der Waals surface area contributed by atoms with Gasteiger partial charge in [0.25, 0.3) is 0 Å². The van der Waals surface area contributed by atoms with Gasteiger partial charge in [-0.15, -0.1) is 0 Å². The van der Waals surface area contributed by atoms with Crippen molar-refractivity contribution < 1.29 is 8.81 Å². The maximum atomic E-state index is 14.9. The van der Waals surface area contributed by atoms with Crippen LogP contribution in [-0.2, 0) is 6.54 Å². The number of benzene rings is 1. The van der Waals surface area contributed by atoms with E-state index in [9.17, 15) is 4.39 Å². The third kappa shape index (κ3) is 3.48. The lowest BCUT2D eigenvalue weighted by atomic mass is 9.96. The van der Waals surface area contributed by atoms with E-state index in [0.29, 0.717) is 17.3 Å². The minimum absolute atomic E-state index is 0.221. The van der Waals surface area contributed by atoms with Gasteiger partial charge in [-0.2, -0.15) is 0 Å². The molecule has 4 heterocycles. The Hall–Kier alpha value is -3.45. The fraction of sp³-hybridized carbons (Fsp3) is 0.200. The zero-order valence-electron chi connectivity index (χ0n) is 17.8. The number of furan rings is 1. The molecule has 5 rings (SSSR count). The molecule has 1 aromatic carbocycles. The average molecular weight is 447 g/mol. The third-order valence-corrected chi connectivity index (χ3v) is 6.35. The summed E-state index contributed by atoms with van der Waals surface area (Å²) in [4.78, 5) is 6.45. The van der Waals surface area contributed by atoms with Crippen LogP contribution in [0, 0.1) is 19.7 Å². The number of anilines is 1. The van der Waals surface area contributed by atoms with Crippen molar-refractivity contribution in [2.45, 2.75) is 32.5 Å². The molecule has 3 aromatic heterocycles. The van der Waals surface area contributed by atoms with Crippen molar-refractivity contribution >= 4 is 23.0 Å². The number of nitrogens with one attached hydrogen (secondary N) is 1. The number of pyridine rings is 1. The first kappa shape index (κ1) is 20.5. The van der Waals surface area contributed by atoms with E-state index < -0.39 is 0 Å². The van der Waals surface area contributed by atoms with E-state index in [4.69, 9.17) is 16.6 Å². The molecule has 0 bridgehead atoms. The number of thiocarbonyl (C=S) groups is 1. The number of nitrogens with zero attached hydrogens (tertiary/aromatic N) is 3. The Labute approximate surface area is 191 Å². The molecule has 4 aromatic rings. The summed E-state index contributed by atoms with van der Waals surface area (Å²) in [6.07, 6.45) is 3.45. The van der Waals surface area contributed by atoms with Gasteiger partial charge in [-0.25, -0.2) is 4.39 Å². The molecule has 32 heavy (non-hydrogen) atoms. The molecule has 1 fully saturated rings. The quantitative estimate of drug-likeness (QED) is 0.413. The van der Waals surface area contributed by atoms with Crippen molar-refractivity contribution in [2.24, 2.45) is 0 Å². The summed E-state index contributed by atoms with van der Waals surface area (Å²) in [5.41, 5.74) is 4.55. The zero-order valence-corrected chi connectivity index (χ0v) is 18.6. The summed E-state index contributed by atoms with van der Waals surface area (Å²) >= 11 is 5.71. The third-order valence-electron chi connectivity index (χ3n) is 6.04. The van der Waals surface area contributed by atoms with Gasteiger partial charge in [0.15, 0.2) is 5.11 Å². The minimum atomic E-state index is -0.312. The second kappa shape index (κ2) is 8.24. The molecule has 1 saturated heterocycles. The maximum absolute atomic E-state index is 14.9. The van der Waals surface area contributed by atoms with Gasteiger partial charge >= 0.3 is 0 Å². The van der Waals surface area contributed by atoms with Crippen LogP contribution in [0.4, 0.5) is 10.1 Å². The lowest BCUT2D eigenvalue weighted by Crippen LogP contribution is -2.30. The molecule has 5 nitrogen and oxygen atoms in total. The highest BCUT2D eigenvalue weighted by molar-refractivity contribution is 7.80. The second-order valence-electron chi connectivity index (χ2n) is 7.94. The summed E-state index contributed by atoms with van der Waals surface area (Å²) in [7, 11) is 0. The Kier molecular flexibility index (Phi) is 5.27. The topological polar surface area (TPSA) is 46.2 Å². The van der Waals surface area contributed by atoms with E-state index >= 15 is 0 Å². The highest BCUT2D eigenvalue weighted by Crippen LogP contribution is 2.43. The van der Waals surface area contributed by atoms with Gasteiger partial charge in [0.2, 0.25) is 0 Å². The van der Waals surface area contributed by atoms with E-state index in [1.54, 1.807) is 24.6 Å². The molecule has 1 aliphatic heterocycles. The van der Waals surface area contributed by atoms with Crippen LogP contribution in [0.3, 0.4) is 0 Å². The van der Waals surface area contributed by atoms with Crippen molar-refractivity contribution in [3.63, 3.8) is 0 Å². The van der Waals surface area contributed by atoms with Crippen LogP contribution < -0.4 is 10.2 Å². The van der Waals surface area contributed by atoms with Crippen LogP contribution in [0.25, 0.3) is 0 Å². The van der Waals surface area contributed by atoms with Gasteiger partial charge in [-0.1, -0.05) is 18.2 Å². The fourth-order valence-electron chi connectivity index (χ4n) is 4.51. The number of aryl methyl sites for hydroxylation is 1. The lowest BCUT2D eigenvalue weighted by Gasteiger charge is -2.28. The van der Waals surface area contributed by atoms with Crippen LogP contribution >= 0.6 is 12.2 Å². The normalized spacial score (nSPS) is 18.2. The highest BCUT2D eigenvalue weighted by atomic mass is 32.1. The Morgan fingerprint density at radius 2 is 1.91 bits per heavy atom. The second-order valence-corrected chi connectivity index (χ2v) is 8.33. The van der Waals surface area contributed by atoms with Crippen molar-refractivity contribution in [3.8, 4) is 0 Å². The standard InChI is InChI=1S/C25H23FN4OS/c1-16-14-19(17(2)29(16)15-18-8-7-13-31-18)24-23(21-10-5-6-12-27-21)28-25(32)30(24)22-11-4-3-9-20(22)26/h3-14,23-24H,15H2,1-2H3,(H,28,32)/t23-,24+/m1/s1. The number of para-hydroxylation sites is 1. The molecular weight excluding hydrogens is 423 g/mol. The molecule has 0 amide bonds. The smallest absolute Gasteiger partial charge is 0.174 e. The number of hydrogen-bond donors (Lipinski definition) is 1. The summed E-state index contributed by atoms with van der Waals surface area (Å²) in [5.74, 6) is 0.568. The van der Waals surface area contributed by atoms with Crippen LogP contribution in [0.15, 0.2) is 77.5 Å². The van der Waals surface area contributed by atoms with Crippen LogP contribution in [0.2, 0.25) is 0 Å². The Bertz CT molecular complexity index is 1250. The predicted molar refractivity (Wildman–Crippen MR) is 126 cm³/mol. The molecule has 162 valence electrons. The molecule has 0 radical (unpaired) electrons. The molecule has 7 heteroatoms. The van der Waals surface area contributed by atoms with Gasteiger partial charge in [0.1, 0.15) is 11.6 Å². The molecule has 0 unspecified atom stereocenters. The Balaban J connectivity index is 1.65. The zero-order chi connectivity index (χ0) is 22.2. The Morgan fingerprint density at radius 1 is 1.09 bits per heavy atom. The molecule has 0 spiro atoms. The highest BCUT2D eigenvalue weighted by Gasteiger charge is 2.43. The number of hydrogen-bond acceptors (Lipinski definition) is 3. The molecule has 0 aliphatic carbocycles. The predicted octanol–water partition coefficient (Wildman–Crippen LogP) is 5.46. The molecule has 2 atom stereocenters. The van der Waals surface area contributed by atoms with Gasteiger partial charge < -0.3 is 19.2 Å². The van der Waals surface area contributed by atoms with Crippen molar-refractivity contribution in [1.82, 2.24) is 14.9 Å². The van der Waals surface area contributed by atoms with Crippen LogP contribution in [-0.4, -0.2) is 14.7 Å². The van der Waals surface area contributed by atoms with E-state index in [-0.39, 0.29) is 17.9 Å². The average Bonchev–Trinajstić information content (AvgIpc) is 3.50. The monoisotopic (exact) mass is 446 g/mol. The number of halogens is 1. The number of aromatic nitrogens is 2. The first-order valence-electron chi connectivity index (χ1n) is 10.5. The summed E-state index contributed by atoms with van der Waals surface area (Å²) < 4.78 is 22.7. The van der Waals surface area contributed by atoms with E-state index in [0.717, 1.165) is 28.4 Å². The maximum Gasteiger partial charge on any atom is 0.174 e. The summed E-state index contributed by atoms with van der Waals surface area (Å²) in [6, 6.07) is 18.1. The van der Waals surface area contributed by atoms with Crippen molar-refractivity contribution in [3.05, 3.63) is 107 Å². The first-order valence-corrected chi connectivity index (χ1v) is 10.9. The van der Waals surface area contributed by atoms with E-state index in [2.05, 4.69) is 34.8 Å². The molecular formula is C25H23FN4OS.